The molecule has 1 aromatic heterocycles. The van der Waals surface area contributed by atoms with Crippen molar-refractivity contribution in [3.8, 4) is 11.3 Å². The minimum Gasteiger partial charge on any atom is -0.512 e. The Labute approximate surface area is 256 Å². The summed E-state index contributed by atoms with van der Waals surface area (Å²) in [5.74, 6) is 0.786. The van der Waals surface area contributed by atoms with E-state index in [0.717, 1.165) is 58.7 Å². The second-order valence-corrected chi connectivity index (χ2v) is 11.6. The molecule has 4 aromatic rings. The smallest absolute Gasteiger partial charge is 0.162 e. The van der Waals surface area contributed by atoms with E-state index in [9.17, 15) is 14.3 Å². The van der Waals surface area contributed by atoms with Gasteiger partial charge in [0.25, 0.3) is 0 Å². The van der Waals surface area contributed by atoms with Gasteiger partial charge in [-0.1, -0.05) is 76.6 Å². The Kier molecular flexibility index (Phi) is 10.9. The fourth-order valence-electron chi connectivity index (χ4n) is 6.40. The summed E-state index contributed by atoms with van der Waals surface area (Å²) in [4.78, 5) is 16.6. The van der Waals surface area contributed by atoms with Gasteiger partial charge in [-0.2, -0.15) is 0 Å². The molecular weight excluding hydrogens is 690 g/mol. The summed E-state index contributed by atoms with van der Waals surface area (Å²) in [6.45, 7) is 4.09. The van der Waals surface area contributed by atoms with Crippen LogP contribution in [-0.2, 0) is 24.9 Å². The van der Waals surface area contributed by atoms with Crippen molar-refractivity contribution in [3.05, 3.63) is 89.6 Å². The van der Waals surface area contributed by atoms with Crippen molar-refractivity contribution in [2.24, 2.45) is 11.8 Å². The number of aromatic nitrogens is 1. The van der Waals surface area contributed by atoms with Crippen molar-refractivity contribution in [2.75, 3.05) is 0 Å². The van der Waals surface area contributed by atoms with Crippen molar-refractivity contribution in [1.82, 2.24) is 4.98 Å². The monoisotopic (exact) mass is 729 g/mol. The first kappa shape index (κ1) is 31.1. The molecule has 3 nitrogen and oxygen atoms in total. The molecule has 2 fully saturated rings. The zero-order chi connectivity index (χ0) is 28.1. The van der Waals surface area contributed by atoms with E-state index in [1.165, 1.54) is 44.1 Å². The summed E-state index contributed by atoms with van der Waals surface area (Å²) in [6.07, 6.45) is 14.7. The van der Waals surface area contributed by atoms with Crippen LogP contribution in [0.2, 0.25) is 0 Å². The van der Waals surface area contributed by atoms with E-state index in [-0.39, 0.29) is 43.5 Å². The molecule has 1 heterocycles. The fraction of sp³-hybridized carbons (Fsp3) is 0.389. The number of aliphatic hydroxyl groups is 1. The number of hydrogen-bond acceptors (Lipinski definition) is 3. The summed E-state index contributed by atoms with van der Waals surface area (Å²) in [6, 6.07) is 18.5. The van der Waals surface area contributed by atoms with Crippen molar-refractivity contribution >= 4 is 27.3 Å². The van der Waals surface area contributed by atoms with Gasteiger partial charge >= 0.3 is 0 Å². The summed E-state index contributed by atoms with van der Waals surface area (Å²) in [5.41, 5.74) is 4.04. The molecule has 2 saturated carbocycles. The Morgan fingerprint density at radius 1 is 0.902 bits per heavy atom. The molecule has 6 rings (SSSR count). The van der Waals surface area contributed by atoms with Crippen LogP contribution in [-0.4, -0.2) is 15.9 Å². The minimum absolute atomic E-state index is 0. The first-order chi connectivity index (χ1) is 19.4. The Bertz CT molecular complexity index is 1510. The van der Waals surface area contributed by atoms with Crippen molar-refractivity contribution < 1.29 is 34.4 Å². The third-order valence-electron chi connectivity index (χ3n) is 8.44. The summed E-state index contributed by atoms with van der Waals surface area (Å²) in [5, 5.41) is 13.4. The molecule has 0 bridgehead atoms. The van der Waals surface area contributed by atoms with Crippen LogP contribution in [0.4, 0.5) is 4.39 Å². The van der Waals surface area contributed by atoms with Gasteiger partial charge in [-0.15, -0.1) is 34.9 Å². The summed E-state index contributed by atoms with van der Waals surface area (Å²) >= 11 is 0. The summed E-state index contributed by atoms with van der Waals surface area (Å²) in [7, 11) is 0. The average Bonchev–Trinajstić information content (AvgIpc) is 2.98. The molecule has 1 N–H and O–H groups in total. The molecule has 217 valence electrons. The number of halogens is 1. The molecule has 0 atom stereocenters. The number of benzene rings is 3. The number of carbonyl (C=O) groups excluding carboxylic acids is 1. The van der Waals surface area contributed by atoms with Crippen LogP contribution >= 0.6 is 0 Å². The third-order valence-corrected chi connectivity index (χ3v) is 8.44. The van der Waals surface area contributed by atoms with Gasteiger partial charge in [0.05, 0.1) is 5.76 Å². The van der Waals surface area contributed by atoms with Gasteiger partial charge in [0.2, 0.25) is 0 Å². The number of rotatable bonds is 4. The number of aryl methyl sites for hydroxylation is 2. The van der Waals surface area contributed by atoms with Crippen LogP contribution < -0.4 is 0 Å². The predicted octanol–water partition coefficient (Wildman–Crippen LogP) is 9.77. The predicted molar refractivity (Wildman–Crippen MR) is 162 cm³/mol. The molecule has 2 aliphatic carbocycles. The van der Waals surface area contributed by atoms with E-state index < -0.39 is 0 Å². The molecule has 3 aromatic carbocycles. The molecular formula is C36H39FIrNO2-. The number of nitrogens with zero attached hydrogens (tertiary/aromatic N) is 1. The van der Waals surface area contributed by atoms with Crippen LogP contribution in [0, 0.1) is 37.6 Å². The van der Waals surface area contributed by atoms with E-state index in [0.29, 0.717) is 11.1 Å². The van der Waals surface area contributed by atoms with Gasteiger partial charge in [-0.05, 0) is 59.7 Å². The maximum absolute atomic E-state index is 14.4. The van der Waals surface area contributed by atoms with Gasteiger partial charge in [0, 0.05) is 49.6 Å². The normalized spacial score (nSPS) is 16.6. The van der Waals surface area contributed by atoms with Gasteiger partial charge in [0.15, 0.2) is 5.78 Å². The standard InChI is InChI=1S/C21H15FN.C15H24O2.Ir/c1-13-9-14(2)11-16(10-13)21-20-15(7-8-23-21)12-19(22)17-5-3-4-6-18(17)20;16-14(12-7-3-1-4-8-12)11-15(17)13-9-5-2-6-10-13;/h3-10,12H,1-2H3;11-13,16H,1-10H2;/q-1;;/b;14-11-;. The maximum Gasteiger partial charge on any atom is 0.162 e. The molecule has 0 unspecified atom stereocenters. The Balaban J connectivity index is 0.000000193. The second kappa shape index (κ2) is 14.3. The fourth-order valence-corrected chi connectivity index (χ4v) is 6.40. The number of aliphatic hydroxyl groups excluding tert-OH is 1. The quantitative estimate of drug-likeness (QED) is 0.0986. The maximum atomic E-state index is 14.4. The second-order valence-electron chi connectivity index (χ2n) is 11.6. The minimum atomic E-state index is -0.199. The molecule has 1 radical (unpaired) electrons. The third kappa shape index (κ3) is 7.50. The Morgan fingerprint density at radius 3 is 2.20 bits per heavy atom. The first-order valence-electron chi connectivity index (χ1n) is 14.8. The zero-order valence-corrected chi connectivity index (χ0v) is 26.4. The first-order valence-corrected chi connectivity index (χ1v) is 14.8. The number of ketones is 1. The Hall–Kier alpha value is -2.88. The van der Waals surface area contributed by atoms with Crippen molar-refractivity contribution in [1.29, 1.82) is 0 Å². The van der Waals surface area contributed by atoms with E-state index >= 15 is 0 Å². The number of fused-ring (bicyclic) bond motifs is 3. The van der Waals surface area contributed by atoms with Crippen LogP contribution in [0.15, 0.2) is 66.6 Å². The van der Waals surface area contributed by atoms with Gasteiger partial charge in [0.1, 0.15) is 5.82 Å². The molecule has 0 spiro atoms. The van der Waals surface area contributed by atoms with Crippen LogP contribution in [0.5, 0.6) is 0 Å². The summed E-state index contributed by atoms with van der Waals surface area (Å²) < 4.78 is 14.4. The van der Waals surface area contributed by atoms with Gasteiger partial charge < -0.3 is 10.1 Å². The number of pyridine rings is 1. The van der Waals surface area contributed by atoms with Crippen molar-refractivity contribution in [2.45, 2.75) is 78.1 Å². The van der Waals surface area contributed by atoms with E-state index in [1.54, 1.807) is 18.3 Å². The molecule has 2 aliphatic rings. The zero-order valence-electron chi connectivity index (χ0n) is 24.0. The molecule has 0 amide bonds. The van der Waals surface area contributed by atoms with E-state index in [1.807, 2.05) is 37.3 Å². The van der Waals surface area contributed by atoms with Crippen LogP contribution in [0.1, 0.15) is 75.3 Å². The molecule has 0 aliphatic heterocycles. The topological polar surface area (TPSA) is 50.2 Å². The van der Waals surface area contributed by atoms with E-state index in [2.05, 4.69) is 30.1 Å². The Morgan fingerprint density at radius 2 is 1.54 bits per heavy atom. The van der Waals surface area contributed by atoms with Crippen molar-refractivity contribution in [3.63, 3.8) is 0 Å². The number of hydrogen-bond donors (Lipinski definition) is 1. The van der Waals surface area contributed by atoms with Gasteiger partial charge in [-0.25, -0.2) is 4.39 Å². The average molecular weight is 729 g/mol. The molecule has 41 heavy (non-hydrogen) atoms. The number of carbonyl (C=O) groups is 1. The SMILES string of the molecule is Cc1[c-]c(-c2nccc3cc(F)c4ccccc4c23)cc(C)c1.O=C(/C=C(\O)C1CCCCC1)C1CCCCC1.[Ir]. The van der Waals surface area contributed by atoms with Gasteiger partial charge in [-0.3, -0.25) is 4.79 Å². The number of allylic oxidation sites excluding steroid dienone is 2. The van der Waals surface area contributed by atoms with E-state index in [4.69, 9.17) is 0 Å². The van der Waals surface area contributed by atoms with Crippen LogP contribution in [0.25, 0.3) is 32.8 Å². The largest absolute Gasteiger partial charge is 0.512 e. The molecule has 0 saturated heterocycles. The van der Waals surface area contributed by atoms with Crippen LogP contribution in [0.3, 0.4) is 0 Å². The molecule has 5 heteroatoms.